The van der Waals surface area contributed by atoms with Crippen molar-refractivity contribution in [3.63, 3.8) is 0 Å². The minimum absolute atomic E-state index is 0.0344. The number of aromatic nitrogens is 1. The van der Waals surface area contributed by atoms with Crippen molar-refractivity contribution < 1.29 is 9.18 Å². The molecule has 1 aromatic carbocycles. The van der Waals surface area contributed by atoms with Crippen LogP contribution < -0.4 is 0 Å². The van der Waals surface area contributed by atoms with Crippen molar-refractivity contribution in [2.75, 3.05) is 0 Å². The van der Waals surface area contributed by atoms with Gasteiger partial charge in [0.1, 0.15) is 5.69 Å². The van der Waals surface area contributed by atoms with Crippen molar-refractivity contribution in [2.24, 2.45) is 0 Å². The summed E-state index contributed by atoms with van der Waals surface area (Å²) >= 11 is 11.8. The second-order valence-corrected chi connectivity index (χ2v) is 4.43. The van der Waals surface area contributed by atoms with E-state index in [0.717, 1.165) is 0 Å². The van der Waals surface area contributed by atoms with Gasteiger partial charge in [0.15, 0.2) is 11.6 Å². The summed E-state index contributed by atoms with van der Waals surface area (Å²) in [5.74, 6) is -1.07. The Morgan fingerprint density at radius 1 is 1.22 bits per heavy atom. The number of ketones is 1. The van der Waals surface area contributed by atoms with Gasteiger partial charge in [0, 0.05) is 12.6 Å². The van der Waals surface area contributed by atoms with Crippen molar-refractivity contribution in [1.82, 2.24) is 4.98 Å². The number of halogens is 3. The molecule has 1 heterocycles. The molecule has 0 fully saturated rings. The normalized spacial score (nSPS) is 10.4. The average molecular weight is 284 g/mol. The third-order valence-electron chi connectivity index (χ3n) is 2.41. The van der Waals surface area contributed by atoms with E-state index in [1.54, 1.807) is 18.2 Å². The molecule has 92 valence electrons. The summed E-state index contributed by atoms with van der Waals surface area (Å²) in [4.78, 5) is 15.6. The molecular formula is C13H8Cl2FNO. The molecule has 2 nitrogen and oxygen atoms in total. The number of pyridine rings is 1. The zero-order valence-corrected chi connectivity index (χ0v) is 10.7. The van der Waals surface area contributed by atoms with Crippen LogP contribution in [0.3, 0.4) is 0 Å². The molecule has 0 N–H and O–H groups in total. The summed E-state index contributed by atoms with van der Waals surface area (Å²) in [5, 5.41) is 0.673. The van der Waals surface area contributed by atoms with Crippen molar-refractivity contribution in [3.8, 4) is 0 Å². The lowest BCUT2D eigenvalue weighted by atomic mass is 10.1. The molecular weight excluding hydrogens is 276 g/mol. The second-order valence-electron chi connectivity index (χ2n) is 3.65. The molecule has 18 heavy (non-hydrogen) atoms. The van der Waals surface area contributed by atoms with Crippen LogP contribution in [0.5, 0.6) is 0 Å². The van der Waals surface area contributed by atoms with E-state index in [2.05, 4.69) is 4.98 Å². The van der Waals surface area contributed by atoms with Crippen molar-refractivity contribution in [1.29, 1.82) is 0 Å². The third-order valence-corrected chi connectivity index (χ3v) is 3.26. The van der Waals surface area contributed by atoms with E-state index < -0.39 is 11.6 Å². The average Bonchev–Trinajstić information content (AvgIpc) is 2.35. The molecule has 0 amide bonds. The first kappa shape index (κ1) is 13.0. The van der Waals surface area contributed by atoms with Crippen LogP contribution in [0.15, 0.2) is 36.5 Å². The summed E-state index contributed by atoms with van der Waals surface area (Å²) < 4.78 is 13.4. The van der Waals surface area contributed by atoms with Gasteiger partial charge in [-0.25, -0.2) is 4.39 Å². The molecule has 2 rings (SSSR count). The molecule has 2 aromatic rings. The number of benzene rings is 1. The molecule has 0 bridgehead atoms. The van der Waals surface area contributed by atoms with Gasteiger partial charge < -0.3 is 0 Å². The SMILES string of the molecule is O=C(Cc1cccc(Cl)c1Cl)c1ncccc1F. The van der Waals surface area contributed by atoms with Gasteiger partial charge in [-0.05, 0) is 23.8 Å². The molecule has 0 aliphatic carbocycles. The number of carbonyl (C=O) groups excluding carboxylic acids is 1. The highest BCUT2D eigenvalue weighted by molar-refractivity contribution is 6.42. The smallest absolute Gasteiger partial charge is 0.188 e. The Morgan fingerprint density at radius 3 is 2.72 bits per heavy atom. The van der Waals surface area contributed by atoms with Gasteiger partial charge in [0.25, 0.3) is 0 Å². The van der Waals surface area contributed by atoms with Gasteiger partial charge in [-0.1, -0.05) is 35.3 Å². The molecule has 0 aliphatic heterocycles. The Hall–Kier alpha value is -1.45. The van der Waals surface area contributed by atoms with Crippen LogP contribution in [0.4, 0.5) is 4.39 Å². The fourth-order valence-corrected chi connectivity index (χ4v) is 1.92. The highest BCUT2D eigenvalue weighted by Gasteiger charge is 2.15. The lowest BCUT2D eigenvalue weighted by molar-refractivity contribution is 0.0984. The van der Waals surface area contributed by atoms with Gasteiger partial charge in [0.05, 0.1) is 10.0 Å². The number of Topliss-reactive ketones (excluding diaryl/α,β-unsaturated/α-hetero) is 1. The van der Waals surface area contributed by atoms with E-state index in [9.17, 15) is 9.18 Å². The highest BCUT2D eigenvalue weighted by Crippen LogP contribution is 2.26. The lowest BCUT2D eigenvalue weighted by Gasteiger charge is -2.05. The standard InChI is InChI=1S/C13H8Cl2FNO/c14-9-4-1-3-8(12(9)15)7-11(18)13-10(16)5-2-6-17-13/h1-6H,7H2. The van der Waals surface area contributed by atoms with E-state index in [0.29, 0.717) is 15.6 Å². The Kier molecular flexibility index (Phi) is 3.94. The van der Waals surface area contributed by atoms with Gasteiger partial charge in [0.2, 0.25) is 0 Å². The quantitative estimate of drug-likeness (QED) is 0.799. The summed E-state index contributed by atoms with van der Waals surface area (Å²) in [6.45, 7) is 0. The Bertz CT molecular complexity index is 601. The molecule has 0 spiro atoms. The Labute approximate surface area is 113 Å². The number of hydrogen-bond donors (Lipinski definition) is 0. The Balaban J connectivity index is 2.27. The molecule has 1 aromatic heterocycles. The topological polar surface area (TPSA) is 30.0 Å². The van der Waals surface area contributed by atoms with Crippen LogP contribution in [0, 0.1) is 5.82 Å². The maximum Gasteiger partial charge on any atom is 0.188 e. The molecule has 0 atom stereocenters. The summed E-state index contributed by atoms with van der Waals surface area (Å²) in [7, 11) is 0. The maximum absolute atomic E-state index is 13.4. The highest BCUT2D eigenvalue weighted by atomic mass is 35.5. The molecule has 5 heteroatoms. The maximum atomic E-state index is 13.4. The summed E-state index contributed by atoms with van der Waals surface area (Å²) in [6, 6.07) is 7.61. The van der Waals surface area contributed by atoms with Crippen molar-refractivity contribution in [2.45, 2.75) is 6.42 Å². The number of hydrogen-bond acceptors (Lipinski definition) is 2. The zero-order valence-electron chi connectivity index (χ0n) is 9.16. The van der Waals surface area contributed by atoms with Gasteiger partial charge in [-0.3, -0.25) is 9.78 Å². The fraction of sp³-hybridized carbons (Fsp3) is 0.0769. The van der Waals surface area contributed by atoms with E-state index in [4.69, 9.17) is 23.2 Å². The van der Waals surface area contributed by atoms with Gasteiger partial charge >= 0.3 is 0 Å². The van der Waals surface area contributed by atoms with Crippen LogP contribution >= 0.6 is 23.2 Å². The molecule has 0 radical (unpaired) electrons. The largest absolute Gasteiger partial charge is 0.292 e. The van der Waals surface area contributed by atoms with E-state index in [1.807, 2.05) is 0 Å². The first-order chi connectivity index (χ1) is 8.59. The fourth-order valence-electron chi connectivity index (χ4n) is 1.53. The molecule has 0 aliphatic rings. The second kappa shape index (κ2) is 5.46. The number of nitrogens with zero attached hydrogens (tertiary/aromatic N) is 1. The molecule has 0 saturated carbocycles. The van der Waals surface area contributed by atoms with Crippen LogP contribution in [0.25, 0.3) is 0 Å². The van der Waals surface area contributed by atoms with Gasteiger partial charge in [-0.15, -0.1) is 0 Å². The predicted molar refractivity (Wildman–Crippen MR) is 68.7 cm³/mol. The zero-order chi connectivity index (χ0) is 13.1. The number of rotatable bonds is 3. The summed E-state index contributed by atoms with van der Waals surface area (Å²) in [5.41, 5.74) is 0.368. The monoisotopic (exact) mass is 283 g/mol. The lowest BCUT2D eigenvalue weighted by Crippen LogP contribution is -2.08. The minimum atomic E-state index is -0.638. The minimum Gasteiger partial charge on any atom is -0.292 e. The van der Waals surface area contributed by atoms with Gasteiger partial charge in [-0.2, -0.15) is 0 Å². The van der Waals surface area contributed by atoms with Crippen LogP contribution in [-0.2, 0) is 6.42 Å². The predicted octanol–water partition coefficient (Wildman–Crippen LogP) is 3.95. The number of carbonyl (C=O) groups is 1. The third kappa shape index (κ3) is 2.68. The van der Waals surface area contributed by atoms with E-state index in [1.165, 1.54) is 18.3 Å². The molecule has 0 unspecified atom stereocenters. The van der Waals surface area contributed by atoms with Crippen molar-refractivity contribution >= 4 is 29.0 Å². The first-order valence-corrected chi connectivity index (χ1v) is 5.92. The first-order valence-electron chi connectivity index (χ1n) is 5.16. The van der Waals surface area contributed by atoms with Crippen LogP contribution in [-0.4, -0.2) is 10.8 Å². The summed E-state index contributed by atoms with van der Waals surface area (Å²) in [6.07, 6.45) is 1.34. The Morgan fingerprint density at radius 2 is 2.00 bits per heavy atom. The van der Waals surface area contributed by atoms with Crippen LogP contribution in [0.1, 0.15) is 16.1 Å². The van der Waals surface area contributed by atoms with Crippen molar-refractivity contribution in [3.05, 3.63) is 63.6 Å². The van der Waals surface area contributed by atoms with E-state index in [-0.39, 0.29) is 12.1 Å². The van der Waals surface area contributed by atoms with E-state index >= 15 is 0 Å². The molecule has 0 saturated heterocycles. The van der Waals surface area contributed by atoms with Crippen LogP contribution in [0.2, 0.25) is 10.0 Å².